The van der Waals surface area contributed by atoms with Gasteiger partial charge in [0.1, 0.15) is 0 Å². The first-order valence-corrected chi connectivity index (χ1v) is 10.5. The van der Waals surface area contributed by atoms with E-state index in [2.05, 4.69) is 40.0 Å². The fourth-order valence-electron chi connectivity index (χ4n) is 4.64. The number of carbonyl (C=O) groups excluding carboxylic acids is 1. The molecule has 0 radical (unpaired) electrons. The summed E-state index contributed by atoms with van der Waals surface area (Å²) in [5.74, 6) is 0. The first-order chi connectivity index (χ1) is 14.1. The number of urea groups is 1. The summed E-state index contributed by atoms with van der Waals surface area (Å²) in [6.07, 6.45) is 11.9. The predicted octanol–water partition coefficient (Wildman–Crippen LogP) is 2.34. The van der Waals surface area contributed by atoms with Crippen LogP contribution in [-0.2, 0) is 4.74 Å². The van der Waals surface area contributed by atoms with Gasteiger partial charge in [-0.3, -0.25) is 19.8 Å². The summed E-state index contributed by atoms with van der Waals surface area (Å²) in [6, 6.07) is 0.113. The SMILES string of the molecule is CCC1=CC2=C(C=CC1)N(C(=O)N1CC3(CN(C/N=C\C=N/C)C3)C1)CCOC2. The number of rotatable bonds is 4. The maximum Gasteiger partial charge on any atom is 0.324 e. The van der Waals surface area contributed by atoms with Crippen LogP contribution in [0.5, 0.6) is 0 Å². The van der Waals surface area contributed by atoms with E-state index in [4.69, 9.17) is 4.74 Å². The minimum atomic E-state index is 0.113. The Morgan fingerprint density at radius 1 is 1.28 bits per heavy atom. The molecule has 2 fully saturated rings. The van der Waals surface area contributed by atoms with E-state index in [0.29, 0.717) is 26.4 Å². The highest BCUT2D eigenvalue weighted by Crippen LogP contribution is 2.40. The van der Waals surface area contributed by atoms with Crippen molar-refractivity contribution >= 4 is 18.5 Å². The average molecular weight is 398 g/mol. The molecule has 4 aliphatic rings. The standard InChI is InChI=1S/C22H31N5O2/c1-3-18-5-4-6-20-19(11-18)12-29-10-9-27(20)21(28)26-15-22(16-26)13-25(14-22)17-24-8-7-23-2/h4,6-8,11H,3,5,9-10,12-17H2,1-2H3/b23-7-,24-8-. The Morgan fingerprint density at radius 2 is 2.10 bits per heavy atom. The molecule has 1 aliphatic carbocycles. The molecule has 3 aliphatic heterocycles. The van der Waals surface area contributed by atoms with Crippen molar-refractivity contribution in [2.24, 2.45) is 15.4 Å². The number of allylic oxidation sites excluding steroid dienone is 3. The number of hydrogen-bond acceptors (Lipinski definition) is 5. The zero-order valence-corrected chi connectivity index (χ0v) is 17.5. The zero-order valence-electron chi connectivity index (χ0n) is 17.5. The van der Waals surface area contributed by atoms with Gasteiger partial charge in [-0.1, -0.05) is 24.6 Å². The normalized spacial score (nSPS) is 24.4. The van der Waals surface area contributed by atoms with Crippen LogP contribution < -0.4 is 0 Å². The van der Waals surface area contributed by atoms with E-state index in [1.165, 1.54) is 5.57 Å². The van der Waals surface area contributed by atoms with E-state index in [1.54, 1.807) is 19.5 Å². The Balaban J connectivity index is 1.36. The minimum Gasteiger partial charge on any atom is -0.375 e. The summed E-state index contributed by atoms with van der Waals surface area (Å²) in [4.78, 5) is 27.7. The Bertz CT molecular complexity index is 781. The minimum absolute atomic E-state index is 0.113. The lowest BCUT2D eigenvalue weighted by Gasteiger charge is -2.60. The number of carbonyl (C=O) groups is 1. The van der Waals surface area contributed by atoms with Crippen LogP contribution >= 0.6 is 0 Å². The van der Waals surface area contributed by atoms with Gasteiger partial charge in [-0.25, -0.2) is 4.79 Å². The van der Waals surface area contributed by atoms with Crippen LogP contribution in [0.4, 0.5) is 4.79 Å². The van der Waals surface area contributed by atoms with Crippen LogP contribution in [0.25, 0.3) is 0 Å². The molecular formula is C22H31N5O2. The molecule has 2 saturated heterocycles. The van der Waals surface area contributed by atoms with Gasteiger partial charge in [0, 0.05) is 56.6 Å². The van der Waals surface area contributed by atoms with Gasteiger partial charge in [-0.2, -0.15) is 0 Å². The Morgan fingerprint density at radius 3 is 2.86 bits per heavy atom. The third-order valence-corrected chi connectivity index (χ3v) is 6.10. The van der Waals surface area contributed by atoms with Crippen LogP contribution in [0.15, 0.2) is 45.1 Å². The molecule has 0 unspecified atom stereocenters. The van der Waals surface area contributed by atoms with Crippen molar-refractivity contribution in [1.29, 1.82) is 0 Å². The quantitative estimate of drug-likeness (QED) is 0.684. The van der Waals surface area contributed by atoms with Gasteiger partial charge >= 0.3 is 6.03 Å². The summed E-state index contributed by atoms with van der Waals surface area (Å²) < 4.78 is 5.79. The lowest BCUT2D eigenvalue weighted by molar-refractivity contribution is -0.0964. The Hall–Kier alpha value is -2.25. The second-order valence-corrected chi connectivity index (χ2v) is 8.38. The van der Waals surface area contributed by atoms with E-state index in [9.17, 15) is 4.79 Å². The van der Waals surface area contributed by atoms with Crippen molar-refractivity contribution in [2.75, 3.05) is 59.7 Å². The van der Waals surface area contributed by atoms with Crippen LogP contribution in [-0.4, -0.2) is 92.8 Å². The molecular weight excluding hydrogens is 366 g/mol. The fourth-order valence-corrected chi connectivity index (χ4v) is 4.64. The van der Waals surface area contributed by atoms with Gasteiger partial charge < -0.3 is 9.64 Å². The number of aliphatic imine (C=N–C) groups is 2. The Kier molecular flexibility index (Phi) is 5.96. The molecule has 0 saturated carbocycles. The van der Waals surface area contributed by atoms with Crippen molar-refractivity contribution in [2.45, 2.75) is 19.8 Å². The van der Waals surface area contributed by atoms with E-state index < -0.39 is 0 Å². The van der Waals surface area contributed by atoms with Crippen LogP contribution in [0.3, 0.4) is 0 Å². The fraction of sp³-hybridized carbons (Fsp3) is 0.591. The van der Waals surface area contributed by atoms with Gasteiger partial charge in [0.25, 0.3) is 0 Å². The predicted molar refractivity (Wildman–Crippen MR) is 115 cm³/mol. The van der Waals surface area contributed by atoms with E-state index in [1.807, 2.05) is 9.80 Å². The van der Waals surface area contributed by atoms with Crippen molar-refractivity contribution < 1.29 is 9.53 Å². The first kappa shape index (κ1) is 20.0. The smallest absolute Gasteiger partial charge is 0.324 e. The largest absolute Gasteiger partial charge is 0.375 e. The molecule has 2 amide bonds. The molecule has 7 nitrogen and oxygen atoms in total. The summed E-state index contributed by atoms with van der Waals surface area (Å²) in [6.45, 7) is 8.34. The van der Waals surface area contributed by atoms with Crippen LogP contribution in [0, 0.1) is 5.41 Å². The maximum absolute atomic E-state index is 13.3. The van der Waals surface area contributed by atoms with Gasteiger partial charge in [-0.15, -0.1) is 0 Å². The zero-order chi connectivity index (χ0) is 20.3. The van der Waals surface area contributed by atoms with Gasteiger partial charge in [0.15, 0.2) is 0 Å². The number of nitrogens with zero attached hydrogens (tertiary/aromatic N) is 5. The molecule has 0 aromatic rings. The van der Waals surface area contributed by atoms with E-state index >= 15 is 0 Å². The van der Waals surface area contributed by atoms with Crippen molar-refractivity contribution in [1.82, 2.24) is 14.7 Å². The molecule has 0 atom stereocenters. The third kappa shape index (κ3) is 4.21. The van der Waals surface area contributed by atoms with Crippen molar-refractivity contribution in [3.05, 3.63) is 35.1 Å². The molecule has 29 heavy (non-hydrogen) atoms. The Labute approximate surface area is 173 Å². The molecule has 0 aromatic heterocycles. The second kappa shape index (κ2) is 8.63. The van der Waals surface area contributed by atoms with Gasteiger partial charge in [-0.05, 0) is 18.9 Å². The molecule has 0 aromatic carbocycles. The van der Waals surface area contributed by atoms with E-state index in [-0.39, 0.29) is 11.4 Å². The topological polar surface area (TPSA) is 60.7 Å². The summed E-state index contributed by atoms with van der Waals surface area (Å²) >= 11 is 0. The molecule has 0 N–H and O–H groups in total. The van der Waals surface area contributed by atoms with Gasteiger partial charge in [0.2, 0.25) is 0 Å². The van der Waals surface area contributed by atoms with Crippen LogP contribution in [0.2, 0.25) is 0 Å². The lowest BCUT2D eigenvalue weighted by Crippen LogP contribution is -2.73. The van der Waals surface area contributed by atoms with E-state index in [0.717, 1.165) is 50.3 Å². The molecule has 156 valence electrons. The first-order valence-electron chi connectivity index (χ1n) is 10.5. The summed E-state index contributed by atoms with van der Waals surface area (Å²) in [7, 11) is 1.74. The number of amides is 2. The molecule has 7 heteroatoms. The average Bonchev–Trinajstić information content (AvgIpc) is 2.98. The number of likely N-dealkylation sites (tertiary alicyclic amines) is 2. The van der Waals surface area contributed by atoms with Crippen LogP contribution in [0.1, 0.15) is 19.8 Å². The monoisotopic (exact) mass is 397 g/mol. The molecule has 4 rings (SSSR count). The van der Waals surface area contributed by atoms with Gasteiger partial charge in [0.05, 0.1) is 32.1 Å². The second-order valence-electron chi connectivity index (χ2n) is 8.38. The highest BCUT2D eigenvalue weighted by Gasteiger charge is 2.53. The maximum atomic E-state index is 13.3. The highest BCUT2D eigenvalue weighted by molar-refractivity contribution is 6.15. The number of ether oxygens (including phenoxy) is 1. The molecule has 0 bridgehead atoms. The number of hydrogen-bond donors (Lipinski definition) is 0. The molecule has 1 spiro atoms. The van der Waals surface area contributed by atoms with Crippen molar-refractivity contribution in [3.63, 3.8) is 0 Å². The lowest BCUT2D eigenvalue weighted by atomic mass is 9.73. The summed E-state index contributed by atoms with van der Waals surface area (Å²) in [5, 5.41) is 0. The molecule has 3 heterocycles. The third-order valence-electron chi connectivity index (χ3n) is 6.10. The van der Waals surface area contributed by atoms with Crippen molar-refractivity contribution in [3.8, 4) is 0 Å². The highest BCUT2D eigenvalue weighted by atomic mass is 16.5. The summed E-state index contributed by atoms with van der Waals surface area (Å²) in [5.41, 5.74) is 3.78.